The monoisotopic (exact) mass is 261 g/mol. The summed E-state index contributed by atoms with van der Waals surface area (Å²) >= 11 is 0. The third-order valence-corrected chi connectivity index (χ3v) is 2.76. The molecule has 1 amide bonds. The van der Waals surface area contributed by atoms with Crippen LogP contribution in [0.1, 0.15) is 25.0 Å². The van der Waals surface area contributed by atoms with E-state index in [2.05, 4.69) is 5.48 Å². The quantitative estimate of drug-likeness (QED) is 0.842. The first-order chi connectivity index (χ1) is 9.06. The van der Waals surface area contributed by atoms with Crippen LogP contribution in [0, 0.1) is 12.8 Å². The largest absolute Gasteiger partial charge is 0.464 e. The molecule has 1 aromatic carbocycles. The lowest BCUT2D eigenvalue weighted by Crippen LogP contribution is -2.26. The SMILES string of the molecule is Cc1ccc2c(CC(=O)NOCC(C)C)coc2c1. The van der Waals surface area contributed by atoms with Gasteiger partial charge >= 0.3 is 0 Å². The second-order valence-corrected chi connectivity index (χ2v) is 5.17. The number of hydrogen-bond donors (Lipinski definition) is 1. The third-order valence-electron chi connectivity index (χ3n) is 2.76. The van der Waals surface area contributed by atoms with Crippen molar-refractivity contribution in [3.05, 3.63) is 35.6 Å². The molecular formula is C15H19NO3. The van der Waals surface area contributed by atoms with Gasteiger partial charge < -0.3 is 4.42 Å². The number of carbonyl (C=O) groups is 1. The molecule has 2 aromatic rings. The highest BCUT2D eigenvalue weighted by Gasteiger charge is 2.10. The van der Waals surface area contributed by atoms with Gasteiger partial charge in [-0.05, 0) is 24.5 Å². The molecule has 2 rings (SSSR count). The van der Waals surface area contributed by atoms with Crippen molar-refractivity contribution in [2.24, 2.45) is 5.92 Å². The molecule has 4 heteroatoms. The Bertz CT molecular complexity index is 572. The molecule has 4 nitrogen and oxygen atoms in total. The van der Waals surface area contributed by atoms with Crippen molar-refractivity contribution >= 4 is 16.9 Å². The van der Waals surface area contributed by atoms with Gasteiger partial charge in [0.2, 0.25) is 5.91 Å². The Kier molecular flexibility index (Phi) is 4.22. The minimum Gasteiger partial charge on any atom is -0.464 e. The molecule has 1 aromatic heterocycles. The van der Waals surface area contributed by atoms with Gasteiger partial charge in [-0.1, -0.05) is 26.0 Å². The van der Waals surface area contributed by atoms with Crippen molar-refractivity contribution in [2.45, 2.75) is 27.2 Å². The molecule has 0 radical (unpaired) electrons. The van der Waals surface area contributed by atoms with Crippen molar-refractivity contribution in [3.8, 4) is 0 Å². The Hall–Kier alpha value is -1.81. The van der Waals surface area contributed by atoms with E-state index >= 15 is 0 Å². The molecule has 0 atom stereocenters. The minimum absolute atomic E-state index is 0.163. The fourth-order valence-electron chi connectivity index (χ4n) is 1.83. The van der Waals surface area contributed by atoms with Gasteiger partial charge in [-0.2, -0.15) is 0 Å². The van der Waals surface area contributed by atoms with Gasteiger partial charge in [-0.15, -0.1) is 0 Å². The zero-order valence-corrected chi connectivity index (χ0v) is 11.5. The van der Waals surface area contributed by atoms with E-state index in [4.69, 9.17) is 9.25 Å². The lowest BCUT2D eigenvalue weighted by molar-refractivity contribution is -0.133. The number of fused-ring (bicyclic) bond motifs is 1. The molecule has 0 aliphatic heterocycles. The average Bonchev–Trinajstić information content (AvgIpc) is 2.71. The van der Waals surface area contributed by atoms with Crippen LogP contribution in [0.3, 0.4) is 0 Å². The summed E-state index contributed by atoms with van der Waals surface area (Å²) in [5.74, 6) is 0.224. The van der Waals surface area contributed by atoms with Crippen molar-refractivity contribution in [1.82, 2.24) is 5.48 Å². The Labute approximate surface area is 112 Å². The molecule has 102 valence electrons. The Balaban J connectivity index is 1.99. The number of rotatable bonds is 5. The first-order valence-corrected chi connectivity index (χ1v) is 6.43. The van der Waals surface area contributed by atoms with Gasteiger partial charge in [0.1, 0.15) is 5.58 Å². The van der Waals surface area contributed by atoms with Crippen molar-refractivity contribution in [3.63, 3.8) is 0 Å². The van der Waals surface area contributed by atoms with Gasteiger partial charge in [0.05, 0.1) is 19.3 Å². The number of nitrogens with one attached hydrogen (secondary N) is 1. The predicted molar refractivity (Wildman–Crippen MR) is 73.6 cm³/mol. The summed E-state index contributed by atoms with van der Waals surface area (Å²) in [5.41, 5.74) is 5.27. The van der Waals surface area contributed by atoms with Crippen LogP contribution in [0.5, 0.6) is 0 Å². The van der Waals surface area contributed by atoms with Crippen molar-refractivity contribution in [1.29, 1.82) is 0 Å². The van der Waals surface area contributed by atoms with Gasteiger partial charge in [0, 0.05) is 10.9 Å². The second kappa shape index (κ2) is 5.89. The standard InChI is InChI=1S/C15H19NO3/c1-10(2)8-19-16-15(17)7-12-9-18-14-6-11(3)4-5-13(12)14/h4-6,9-10H,7-8H2,1-3H3,(H,16,17). The Morgan fingerprint density at radius 1 is 1.42 bits per heavy atom. The minimum atomic E-state index is -0.163. The highest BCUT2D eigenvalue weighted by Crippen LogP contribution is 2.22. The number of hydroxylamine groups is 1. The van der Waals surface area contributed by atoms with Crippen molar-refractivity contribution < 1.29 is 14.0 Å². The van der Waals surface area contributed by atoms with Gasteiger partial charge in [-0.3, -0.25) is 9.63 Å². The summed E-state index contributed by atoms with van der Waals surface area (Å²) in [6, 6.07) is 5.95. The zero-order chi connectivity index (χ0) is 13.8. The Morgan fingerprint density at radius 3 is 2.95 bits per heavy atom. The molecule has 19 heavy (non-hydrogen) atoms. The molecule has 1 heterocycles. The van der Waals surface area contributed by atoms with Crippen LogP contribution in [0.4, 0.5) is 0 Å². The Morgan fingerprint density at radius 2 is 2.21 bits per heavy atom. The summed E-state index contributed by atoms with van der Waals surface area (Å²) < 4.78 is 5.45. The number of furan rings is 1. The van der Waals surface area contributed by atoms with E-state index in [1.54, 1.807) is 6.26 Å². The molecule has 1 N–H and O–H groups in total. The molecule has 0 spiro atoms. The maximum atomic E-state index is 11.7. The topological polar surface area (TPSA) is 51.5 Å². The van der Waals surface area contributed by atoms with E-state index in [-0.39, 0.29) is 12.3 Å². The second-order valence-electron chi connectivity index (χ2n) is 5.17. The highest BCUT2D eigenvalue weighted by atomic mass is 16.6. The van der Waals surface area contributed by atoms with Crippen LogP contribution in [-0.4, -0.2) is 12.5 Å². The molecule has 0 aliphatic rings. The van der Waals surface area contributed by atoms with E-state index in [9.17, 15) is 4.79 Å². The smallest absolute Gasteiger partial charge is 0.248 e. The summed E-state index contributed by atoms with van der Waals surface area (Å²) in [6.45, 7) is 6.57. The summed E-state index contributed by atoms with van der Waals surface area (Å²) in [7, 11) is 0. The van der Waals surface area contributed by atoms with Crippen LogP contribution in [0.2, 0.25) is 0 Å². The fraction of sp³-hybridized carbons (Fsp3) is 0.400. The lowest BCUT2D eigenvalue weighted by Gasteiger charge is -2.07. The summed E-state index contributed by atoms with van der Waals surface area (Å²) in [6.07, 6.45) is 1.89. The lowest BCUT2D eigenvalue weighted by atomic mass is 10.1. The average molecular weight is 261 g/mol. The van der Waals surface area contributed by atoms with Gasteiger partial charge in [0.15, 0.2) is 0 Å². The molecular weight excluding hydrogens is 242 g/mol. The first kappa shape index (κ1) is 13.6. The van der Waals surface area contributed by atoms with E-state index in [0.717, 1.165) is 22.1 Å². The zero-order valence-electron chi connectivity index (χ0n) is 11.5. The van der Waals surface area contributed by atoms with Crippen LogP contribution in [0.25, 0.3) is 11.0 Å². The van der Waals surface area contributed by atoms with Gasteiger partial charge in [-0.25, -0.2) is 5.48 Å². The number of amides is 1. The van der Waals surface area contributed by atoms with E-state index in [1.807, 2.05) is 39.0 Å². The molecule has 0 saturated carbocycles. The number of hydrogen-bond acceptors (Lipinski definition) is 3. The first-order valence-electron chi connectivity index (χ1n) is 6.43. The maximum Gasteiger partial charge on any atom is 0.248 e. The molecule has 0 fully saturated rings. The fourth-order valence-corrected chi connectivity index (χ4v) is 1.83. The van der Waals surface area contributed by atoms with Gasteiger partial charge in [0.25, 0.3) is 0 Å². The number of benzene rings is 1. The number of aryl methyl sites for hydroxylation is 1. The van der Waals surface area contributed by atoms with E-state index < -0.39 is 0 Å². The third kappa shape index (κ3) is 3.58. The van der Waals surface area contributed by atoms with Crippen LogP contribution >= 0.6 is 0 Å². The number of carbonyl (C=O) groups excluding carboxylic acids is 1. The van der Waals surface area contributed by atoms with Crippen LogP contribution in [-0.2, 0) is 16.1 Å². The summed E-state index contributed by atoms with van der Waals surface area (Å²) in [4.78, 5) is 16.8. The maximum absolute atomic E-state index is 11.7. The van der Waals surface area contributed by atoms with E-state index in [0.29, 0.717) is 12.5 Å². The predicted octanol–water partition coefficient (Wildman–Crippen LogP) is 2.99. The molecule has 0 aliphatic carbocycles. The van der Waals surface area contributed by atoms with E-state index in [1.165, 1.54) is 0 Å². The van der Waals surface area contributed by atoms with Crippen molar-refractivity contribution in [2.75, 3.05) is 6.61 Å². The molecule has 0 bridgehead atoms. The van der Waals surface area contributed by atoms with Crippen LogP contribution in [0.15, 0.2) is 28.9 Å². The normalized spacial score (nSPS) is 11.2. The molecule has 0 saturated heterocycles. The molecule has 0 unspecified atom stereocenters. The highest BCUT2D eigenvalue weighted by molar-refractivity contribution is 5.87. The summed E-state index contributed by atoms with van der Waals surface area (Å²) in [5, 5.41) is 0.976. The van der Waals surface area contributed by atoms with Crippen LogP contribution < -0.4 is 5.48 Å².